The summed E-state index contributed by atoms with van der Waals surface area (Å²) in [7, 11) is 0. The van der Waals surface area contributed by atoms with E-state index >= 15 is 0 Å². The Morgan fingerprint density at radius 3 is 2.60 bits per heavy atom. The summed E-state index contributed by atoms with van der Waals surface area (Å²) < 4.78 is 0. The number of nitrogens with zero attached hydrogens (tertiary/aromatic N) is 1. The monoisotopic (exact) mass is 275 g/mol. The fourth-order valence-corrected chi connectivity index (χ4v) is 2.72. The van der Waals surface area contributed by atoms with E-state index in [1.54, 1.807) is 0 Å². The quantitative estimate of drug-likeness (QED) is 0.868. The largest absolute Gasteiger partial charge is 0.369 e. The Morgan fingerprint density at radius 1 is 1.40 bits per heavy atom. The summed E-state index contributed by atoms with van der Waals surface area (Å²) in [5, 5.41) is 6.19. The van der Waals surface area contributed by atoms with Crippen molar-refractivity contribution in [2.75, 3.05) is 23.3 Å². The van der Waals surface area contributed by atoms with Gasteiger partial charge in [0.1, 0.15) is 0 Å². The summed E-state index contributed by atoms with van der Waals surface area (Å²) in [6.45, 7) is 8.45. The van der Waals surface area contributed by atoms with Crippen LogP contribution in [0.3, 0.4) is 0 Å². The molecule has 1 heterocycles. The van der Waals surface area contributed by atoms with Gasteiger partial charge in [-0.1, -0.05) is 0 Å². The Kier molecular flexibility index (Phi) is 5.01. The van der Waals surface area contributed by atoms with Crippen molar-refractivity contribution in [3.05, 3.63) is 24.3 Å². The van der Waals surface area contributed by atoms with Gasteiger partial charge in [0.15, 0.2) is 0 Å². The second-order valence-electron chi connectivity index (χ2n) is 5.56. The molecule has 110 valence electrons. The molecular weight excluding hydrogens is 250 g/mol. The molecule has 0 aliphatic carbocycles. The first-order chi connectivity index (χ1) is 9.61. The zero-order valence-corrected chi connectivity index (χ0v) is 12.6. The Bertz CT molecular complexity index is 436. The summed E-state index contributed by atoms with van der Waals surface area (Å²) in [6, 6.07) is 8.55. The number of nitrogens with one attached hydrogen (secondary N) is 2. The lowest BCUT2D eigenvalue weighted by Gasteiger charge is -2.27. The van der Waals surface area contributed by atoms with Crippen molar-refractivity contribution >= 4 is 17.3 Å². The summed E-state index contributed by atoms with van der Waals surface area (Å²) in [4.78, 5) is 14.3. The zero-order valence-electron chi connectivity index (χ0n) is 12.6. The third-order valence-corrected chi connectivity index (χ3v) is 3.81. The molecule has 1 aliphatic rings. The minimum Gasteiger partial charge on any atom is -0.369 e. The van der Waals surface area contributed by atoms with E-state index in [1.807, 2.05) is 12.1 Å². The molecule has 2 N–H and O–H groups in total. The molecule has 1 aromatic rings. The predicted molar refractivity (Wildman–Crippen MR) is 84.3 cm³/mol. The first-order valence-corrected chi connectivity index (χ1v) is 7.52. The van der Waals surface area contributed by atoms with Crippen LogP contribution in [0.2, 0.25) is 0 Å². The van der Waals surface area contributed by atoms with Crippen LogP contribution in [0.15, 0.2) is 24.3 Å². The molecule has 1 aromatic carbocycles. The van der Waals surface area contributed by atoms with E-state index in [9.17, 15) is 4.79 Å². The predicted octanol–water partition coefficient (Wildman–Crippen LogP) is 2.61. The molecule has 1 saturated heterocycles. The number of hydrogen-bond acceptors (Lipinski definition) is 3. The van der Waals surface area contributed by atoms with Gasteiger partial charge in [0.2, 0.25) is 5.91 Å². The fraction of sp³-hybridized carbons (Fsp3) is 0.562. The van der Waals surface area contributed by atoms with Crippen LogP contribution in [-0.2, 0) is 4.79 Å². The molecular formula is C16H25N3O. The van der Waals surface area contributed by atoms with E-state index < -0.39 is 0 Å². The Labute approximate surface area is 121 Å². The highest BCUT2D eigenvalue weighted by atomic mass is 16.2. The molecule has 1 fully saturated rings. The summed E-state index contributed by atoms with van der Waals surface area (Å²) in [5.41, 5.74) is 2.06. The number of anilines is 2. The van der Waals surface area contributed by atoms with Gasteiger partial charge < -0.3 is 15.5 Å². The molecule has 0 aromatic heterocycles. The van der Waals surface area contributed by atoms with E-state index in [-0.39, 0.29) is 11.9 Å². The van der Waals surface area contributed by atoms with Crippen molar-refractivity contribution in [3.8, 4) is 0 Å². The van der Waals surface area contributed by atoms with Crippen LogP contribution in [0.25, 0.3) is 0 Å². The first-order valence-electron chi connectivity index (χ1n) is 7.52. The molecule has 0 radical (unpaired) electrons. The molecule has 20 heavy (non-hydrogen) atoms. The van der Waals surface area contributed by atoms with Crippen molar-refractivity contribution in [3.63, 3.8) is 0 Å². The number of rotatable bonds is 5. The average molecular weight is 275 g/mol. The van der Waals surface area contributed by atoms with Gasteiger partial charge in [0, 0.05) is 24.0 Å². The zero-order chi connectivity index (χ0) is 14.5. The Morgan fingerprint density at radius 2 is 2.10 bits per heavy atom. The first kappa shape index (κ1) is 14.9. The van der Waals surface area contributed by atoms with Gasteiger partial charge in [-0.3, -0.25) is 4.79 Å². The van der Waals surface area contributed by atoms with E-state index in [2.05, 4.69) is 48.4 Å². The number of hydrogen-bond donors (Lipinski definition) is 2. The van der Waals surface area contributed by atoms with Gasteiger partial charge >= 0.3 is 0 Å². The molecule has 4 nitrogen and oxygen atoms in total. The average Bonchev–Trinajstić information content (AvgIpc) is 2.95. The molecule has 2 rings (SSSR count). The third kappa shape index (κ3) is 3.51. The van der Waals surface area contributed by atoms with Crippen LogP contribution in [-0.4, -0.2) is 31.1 Å². The minimum absolute atomic E-state index is 0.0301. The lowest BCUT2D eigenvalue weighted by molar-refractivity contribution is -0.117. The Hall–Kier alpha value is -1.55. The lowest BCUT2D eigenvalue weighted by atomic mass is 10.2. The van der Waals surface area contributed by atoms with Gasteiger partial charge in [-0.25, -0.2) is 0 Å². The van der Waals surface area contributed by atoms with Crippen molar-refractivity contribution in [1.82, 2.24) is 5.32 Å². The fourth-order valence-electron chi connectivity index (χ4n) is 2.72. The maximum atomic E-state index is 12.0. The van der Waals surface area contributed by atoms with E-state index in [1.165, 1.54) is 5.69 Å². The van der Waals surface area contributed by atoms with Crippen LogP contribution < -0.4 is 15.5 Å². The highest BCUT2D eigenvalue weighted by Crippen LogP contribution is 2.20. The maximum Gasteiger partial charge on any atom is 0.241 e. The second-order valence-corrected chi connectivity index (χ2v) is 5.56. The van der Waals surface area contributed by atoms with Crippen LogP contribution in [0, 0.1) is 0 Å². The van der Waals surface area contributed by atoms with E-state index in [0.717, 1.165) is 31.6 Å². The number of carbonyl (C=O) groups excluding carboxylic acids is 1. The number of amides is 1. The van der Waals surface area contributed by atoms with Crippen LogP contribution in [0.1, 0.15) is 33.6 Å². The molecule has 0 bridgehead atoms. The van der Waals surface area contributed by atoms with E-state index in [0.29, 0.717) is 6.04 Å². The van der Waals surface area contributed by atoms with Gasteiger partial charge in [-0.2, -0.15) is 0 Å². The molecule has 1 unspecified atom stereocenters. The molecule has 1 atom stereocenters. The van der Waals surface area contributed by atoms with Gasteiger partial charge in [0.05, 0.1) is 6.04 Å². The standard InChI is InChI=1S/C16H25N3O/c1-4-19(12(2)3)14-9-7-13(8-10-14)18-16(20)15-6-5-11-17-15/h7-10,12,15,17H,4-6,11H2,1-3H3,(H,18,20). The highest BCUT2D eigenvalue weighted by Gasteiger charge is 2.21. The third-order valence-electron chi connectivity index (χ3n) is 3.81. The molecule has 0 saturated carbocycles. The van der Waals surface area contributed by atoms with E-state index in [4.69, 9.17) is 0 Å². The topological polar surface area (TPSA) is 44.4 Å². The van der Waals surface area contributed by atoms with Gasteiger partial charge in [0.25, 0.3) is 0 Å². The number of carbonyl (C=O) groups is 1. The van der Waals surface area contributed by atoms with Gasteiger partial charge in [-0.05, 0) is 64.4 Å². The summed E-state index contributed by atoms with van der Waals surface area (Å²) >= 11 is 0. The van der Waals surface area contributed by atoms with Crippen molar-refractivity contribution < 1.29 is 4.79 Å². The van der Waals surface area contributed by atoms with Gasteiger partial charge in [-0.15, -0.1) is 0 Å². The molecule has 1 aliphatic heterocycles. The van der Waals surface area contributed by atoms with Crippen LogP contribution in [0.4, 0.5) is 11.4 Å². The lowest BCUT2D eigenvalue weighted by Crippen LogP contribution is -2.35. The summed E-state index contributed by atoms with van der Waals surface area (Å²) in [5.74, 6) is 0.0754. The van der Waals surface area contributed by atoms with Crippen molar-refractivity contribution in [2.45, 2.75) is 45.7 Å². The van der Waals surface area contributed by atoms with Crippen LogP contribution in [0.5, 0.6) is 0 Å². The second kappa shape index (κ2) is 6.75. The molecule has 1 amide bonds. The number of benzene rings is 1. The van der Waals surface area contributed by atoms with Crippen molar-refractivity contribution in [1.29, 1.82) is 0 Å². The minimum atomic E-state index is -0.0301. The smallest absolute Gasteiger partial charge is 0.241 e. The summed E-state index contributed by atoms with van der Waals surface area (Å²) in [6.07, 6.45) is 2.01. The normalized spacial score (nSPS) is 18.3. The van der Waals surface area contributed by atoms with Crippen LogP contribution >= 0.6 is 0 Å². The Balaban J connectivity index is 1.99. The highest BCUT2D eigenvalue weighted by molar-refractivity contribution is 5.95. The van der Waals surface area contributed by atoms with Crippen molar-refractivity contribution in [2.24, 2.45) is 0 Å². The molecule has 4 heteroatoms. The molecule has 0 spiro atoms. The SMILES string of the molecule is CCN(c1ccc(NC(=O)C2CCCN2)cc1)C(C)C. The maximum absolute atomic E-state index is 12.0.